The minimum atomic E-state index is 0.548. The number of rotatable bonds is 2. The van der Waals surface area contributed by atoms with Crippen LogP contribution in [0.3, 0.4) is 0 Å². The Morgan fingerprint density at radius 3 is 3.00 bits per heavy atom. The predicted octanol–water partition coefficient (Wildman–Crippen LogP) is 2.82. The van der Waals surface area contributed by atoms with Gasteiger partial charge in [0.2, 0.25) is 0 Å². The van der Waals surface area contributed by atoms with E-state index in [0.717, 1.165) is 46.9 Å². The minimum absolute atomic E-state index is 0.548. The second-order valence-corrected chi connectivity index (χ2v) is 5.03. The van der Waals surface area contributed by atoms with Crippen molar-refractivity contribution in [1.82, 2.24) is 14.5 Å². The molecule has 0 atom stereocenters. The lowest BCUT2D eigenvalue weighted by Gasteiger charge is -2.08. The maximum Gasteiger partial charge on any atom is 0.151 e. The van der Waals surface area contributed by atoms with Crippen LogP contribution in [-0.2, 0) is 13.5 Å². The molecule has 1 aliphatic rings. The lowest BCUT2D eigenvalue weighted by atomic mass is 10.1. The van der Waals surface area contributed by atoms with Crippen molar-refractivity contribution < 1.29 is 4.79 Å². The molecule has 3 rings (SSSR count). The highest BCUT2D eigenvalue weighted by molar-refractivity contribution is 6.31. The Hall–Kier alpha value is -1.94. The number of carbonyl (C=O) groups excluding carboxylic acids is 1. The molecule has 0 saturated carbocycles. The highest BCUT2D eigenvalue weighted by Gasteiger charge is 2.18. The zero-order valence-electron chi connectivity index (χ0n) is 10.4. The topological polar surface area (TPSA) is 47.8 Å². The molecule has 0 spiro atoms. The quantitative estimate of drug-likeness (QED) is 0.791. The zero-order chi connectivity index (χ0) is 13.4. The molecule has 0 aliphatic heterocycles. The van der Waals surface area contributed by atoms with Crippen molar-refractivity contribution in [2.45, 2.75) is 12.8 Å². The summed E-state index contributed by atoms with van der Waals surface area (Å²) in [5.74, 6) is 0.809. The SMILES string of the molecule is Cn1c(-c2cncc(C=O)c2)nc2c1C=C(Cl)CC2. The average Bonchev–Trinajstić information content (AvgIpc) is 2.76. The first-order chi connectivity index (χ1) is 9.19. The van der Waals surface area contributed by atoms with Crippen LogP contribution in [-0.4, -0.2) is 20.8 Å². The second kappa shape index (κ2) is 4.63. The Balaban J connectivity index is 2.14. The van der Waals surface area contributed by atoms with E-state index in [0.29, 0.717) is 5.56 Å². The Morgan fingerprint density at radius 2 is 2.21 bits per heavy atom. The van der Waals surface area contributed by atoms with Gasteiger partial charge in [0.05, 0.1) is 11.4 Å². The third-order valence-electron chi connectivity index (χ3n) is 3.26. The summed E-state index contributed by atoms with van der Waals surface area (Å²) < 4.78 is 1.99. The van der Waals surface area contributed by atoms with Gasteiger partial charge in [-0.1, -0.05) is 11.6 Å². The lowest BCUT2D eigenvalue weighted by Crippen LogP contribution is -2.00. The average molecular weight is 274 g/mol. The molecule has 0 aromatic carbocycles. The molecule has 0 unspecified atom stereocenters. The molecule has 2 heterocycles. The van der Waals surface area contributed by atoms with Crippen LogP contribution in [0.5, 0.6) is 0 Å². The molecule has 0 radical (unpaired) electrons. The molecular weight excluding hydrogens is 262 g/mol. The molecule has 19 heavy (non-hydrogen) atoms. The third-order valence-corrected chi connectivity index (χ3v) is 3.56. The van der Waals surface area contributed by atoms with Crippen LogP contribution in [0.1, 0.15) is 28.2 Å². The van der Waals surface area contributed by atoms with Crippen molar-refractivity contribution in [1.29, 1.82) is 0 Å². The molecule has 0 amide bonds. The van der Waals surface area contributed by atoms with Gasteiger partial charge in [0.1, 0.15) is 5.82 Å². The van der Waals surface area contributed by atoms with E-state index in [1.165, 1.54) is 6.20 Å². The van der Waals surface area contributed by atoms with Crippen molar-refractivity contribution in [3.05, 3.63) is 40.4 Å². The molecule has 5 heteroatoms. The van der Waals surface area contributed by atoms with Crippen LogP contribution >= 0.6 is 11.6 Å². The fourth-order valence-corrected chi connectivity index (χ4v) is 2.49. The van der Waals surface area contributed by atoms with Crippen LogP contribution in [0.15, 0.2) is 23.5 Å². The molecule has 96 valence electrons. The highest BCUT2D eigenvalue weighted by Crippen LogP contribution is 2.29. The summed E-state index contributed by atoms with van der Waals surface area (Å²) in [6.07, 6.45) is 7.67. The van der Waals surface area contributed by atoms with Crippen LogP contribution in [0.25, 0.3) is 17.5 Å². The monoisotopic (exact) mass is 273 g/mol. The molecule has 2 aromatic heterocycles. The van der Waals surface area contributed by atoms with Crippen molar-refractivity contribution in [2.24, 2.45) is 7.05 Å². The van der Waals surface area contributed by atoms with Gasteiger partial charge in [-0.3, -0.25) is 9.78 Å². The largest absolute Gasteiger partial charge is 0.327 e. The van der Waals surface area contributed by atoms with Crippen LogP contribution in [0.2, 0.25) is 0 Å². The van der Waals surface area contributed by atoms with Crippen LogP contribution in [0.4, 0.5) is 0 Å². The Bertz CT molecular complexity index is 688. The number of aldehydes is 1. The number of aromatic nitrogens is 3. The van der Waals surface area contributed by atoms with E-state index >= 15 is 0 Å². The maximum absolute atomic E-state index is 10.8. The van der Waals surface area contributed by atoms with Crippen molar-refractivity contribution in [3.63, 3.8) is 0 Å². The summed E-state index contributed by atoms with van der Waals surface area (Å²) in [6.45, 7) is 0. The predicted molar refractivity (Wildman–Crippen MR) is 74.0 cm³/mol. The van der Waals surface area contributed by atoms with Gasteiger partial charge in [0.15, 0.2) is 6.29 Å². The maximum atomic E-state index is 10.8. The standard InChI is InChI=1S/C14H12ClN3O/c1-18-13-5-11(15)2-3-12(13)17-14(18)10-4-9(8-19)6-16-7-10/h4-8H,2-3H2,1H3. The Kier molecular flexibility index (Phi) is 2.95. The van der Waals surface area contributed by atoms with Gasteiger partial charge in [0, 0.05) is 35.6 Å². The number of carbonyl (C=O) groups is 1. The van der Waals surface area contributed by atoms with Gasteiger partial charge in [-0.2, -0.15) is 0 Å². The molecule has 2 aromatic rings. The van der Waals surface area contributed by atoms with Gasteiger partial charge in [0.25, 0.3) is 0 Å². The van der Waals surface area contributed by atoms with Crippen molar-refractivity contribution in [3.8, 4) is 11.4 Å². The number of hydrogen-bond donors (Lipinski definition) is 0. The fourth-order valence-electron chi connectivity index (χ4n) is 2.29. The number of imidazole rings is 1. The second-order valence-electron chi connectivity index (χ2n) is 4.54. The zero-order valence-corrected chi connectivity index (χ0v) is 11.2. The van der Waals surface area contributed by atoms with E-state index in [2.05, 4.69) is 9.97 Å². The highest BCUT2D eigenvalue weighted by atomic mass is 35.5. The molecular formula is C14H12ClN3O. The molecule has 0 N–H and O–H groups in total. The lowest BCUT2D eigenvalue weighted by molar-refractivity contribution is 0.112. The molecule has 0 bridgehead atoms. The van der Waals surface area contributed by atoms with E-state index in [4.69, 9.17) is 11.6 Å². The first kappa shape index (κ1) is 12.1. The summed E-state index contributed by atoms with van der Waals surface area (Å²) >= 11 is 6.08. The summed E-state index contributed by atoms with van der Waals surface area (Å²) in [4.78, 5) is 19.5. The molecule has 1 aliphatic carbocycles. The van der Waals surface area contributed by atoms with Gasteiger partial charge < -0.3 is 4.57 Å². The molecule has 0 saturated heterocycles. The van der Waals surface area contributed by atoms with E-state index < -0.39 is 0 Å². The Labute approximate surface area is 115 Å². The number of pyridine rings is 1. The first-order valence-electron chi connectivity index (χ1n) is 6.01. The number of hydrogen-bond acceptors (Lipinski definition) is 3. The number of fused-ring (bicyclic) bond motifs is 1. The van der Waals surface area contributed by atoms with Gasteiger partial charge >= 0.3 is 0 Å². The van der Waals surface area contributed by atoms with Crippen LogP contribution in [0, 0.1) is 0 Å². The number of nitrogens with zero attached hydrogens (tertiary/aromatic N) is 3. The number of aryl methyl sites for hydroxylation is 1. The van der Waals surface area contributed by atoms with Crippen molar-refractivity contribution in [2.75, 3.05) is 0 Å². The normalized spacial score (nSPS) is 13.9. The summed E-state index contributed by atoms with van der Waals surface area (Å²) in [5, 5.41) is 0.849. The summed E-state index contributed by atoms with van der Waals surface area (Å²) in [7, 11) is 1.95. The molecule has 0 fully saturated rings. The van der Waals surface area contributed by atoms with E-state index in [1.807, 2.05) is 17.7 Å². The van der Waals surface area contributed by atoms with Gasteiger partial charge in [-0.25, -0.2) is 4.98 Å². The van der Waals surface area contributed by atoms with E-state index in [1.54, 1.807) is 12.3 Å². The van der Waals surface area contributed by atoms with Gasteiger partial charge in [-0.15, -0.1) is 0 Å². The first-order valence-corrected chi connectivity index (χ1v) is 6.39. The van der Waals surface area contributed by atoms with Crippen molar-refractivity contribution >= 4 is 24.0 Å². The number of halogens is 1. The summed E-state index contributed by atoms with van der Waals surface area (Å²) in [6, 6.07) is 1.79. The smallest absolute Gasteiger partial charge is 0.151 e. The molecule has 4 nitrogen and oxygen atoms in total. The van der Waals surface area contributed by atoms with E-state index in [9.17, 15) is 4.79 Å². The van der Waals surface area contributed by atoms with E-state index in [-0.39, 0.29) is 0 Å². The summed E-state index contributed by atoms with van der Waals surface area (Å²) in [5.41, 5.74) is 3.46. The third kappa shape index (κ3) is 2.08. The van der Waals surface area contributed by atoms with Gasteiger partial charge in [-0.05, 0) is 25.0 Å². The minimum Gasteiger partial charge on any atom is -0.327 e. The number of allylic oxidation sites excluding steroid dienone is 1. The fraction of sp³-hybridized carbons (Fsp3) is 0.214. The Morgan fingerprint density at radius 1 is 1.37 bits per heavy atom. The van der Waals surface area contributed by atoms with Crippen LogP contribution < -0.4 is 0 Å².